The zero-order chi connectivity index (χ0) is 10.1. The van der Waals surface area contributed by atoms with E-state index in [0.717, 1.165) is 0 Å². The number of hydrogen-bond donors (Lipinski definition) is 2. The molecule has 0 aliphatic carbocycles. The number of rotatable bonds is 1. The number of anilines is 2. The fourth-order valence-electron chi connectivity index (χ4n) is 1.47. The molecule has 0 spiro atoms. The Kier molecular flexibility index (Phi) is 2.05. The smallest absolute Gasteiger partial charge is 0.229 e. The van der Waals surface area contributed by atoms with E-state index >= 15 is 0 Å². The lowest BCUT2D eigenvalue weighted by molar-refractivity contribution is -0.117. The van der Waals surface area contributed by atoms with Crippen LogP contribution in [0.4, 0.5) is 11.6 Å². The Labute approximate surface area is 80.9 Å². The van der Waals surface area contributed by atoms with Crippen LogP contribution in [0.3, 0.4) is 0 Å². The van der Waals surface area contributed by atoms with Gasteiger partial charge in [-0.05, 0) is 0 Å². The molecule has 1 aliphatic rings. The van der Waals surface area contributed by atoms with E-state index in [1.807, 2.05) is 0 Å². The van der Waals surface area contributed by atoms with Crippen molar-refractivity contribution >= 4 is 17.5 Å². The molecule has 0 radical (unpaired) electrons. The standard InChI is InChI=1S/C8H11N5O/c9-5-1-8(14)13(3-5)7-2-6(10)11-4-12-7/h2,4-5H,1,3,9H2,(H2,10,11,12). The van der Waals surface area contributed by atoms with Crippen molar-refractivity contribution in [2.45, 2.75) is 12.5 Å². The van der Waals surface area contributed by atoms with E-state index in [0.29, 0.717) is 24.6 Å². The van der Waals surface area contributed by atoms with E-state index < -0.39 is 0 Å². The van der Waals surface area contributed by atoms with Gasteiger partial charge < -0.3 is 11.5 Å². The van der Waals surface area contributed by atoms with E-state index in [1.165, 1.54) is 11.2 Å². The molecule has 0 saturated carbocycles. The van der Waals surface area contributed by atoms with Gasteiger partial charge in [0, 0.05) is 25.1 Å². The molecule has 0 bridgehead atoms. The first-order valence-electron chi connectivity index (χ1n) is 4.30. The molecule has 6 nitrogen and oxygen atoms in total. The molecule has 2 heterocycles. The van der Waals surface area contributed by atoms with Crippen molar-refractivity contribution in [2.24, 2.45) is 5.73 Å². The lowest BCUT2D eigenvalue weighted by Gasteiger charge is -2.14. The predicted octanol–water partition coefficient (Wildman–Crippen LogP) is -0.877. The summed E-state index contributed by atoms with van der Waals surface area (Å²) in [6.07, 6.45) is 1.70. The topological polar surface area (TPSA) is 98.1 Å². The van der Waals surface area contributed by atoms with E-state index in [1.54, 1.807) is 6.07 Å². The quantitative estimate of drug-likeness (QED) is 0.603. The molecule has 1 saturated heterocycles. The van der Waals surface area contributed by atoms with Crippen molar-refractivity contribution in [2.75, 3.05) is 17.2 Å². The van der Waals surface area contributed by atoms with Gasteiger partial charge in [0.15, 0.2) is 0 Å². The van der Waals surface area contributed by atoms with Crippen LogP contribution in [0.15, 0.2) is 12.4 Å². The first-order chi connectivity index (χ1) is 6.66. The third-order valence-electron chi connectivity index (χ3n) is 2.11. The minimum Gasteiger partial charge on any atom is -0.384 e. The molecule has 74 valence electrons. The van der Waals surface area contributed by atoms with Gasteiger partial charge in [0.2, 0.25) is 5.91 Å². The van der Waals surface area contributed by atoms with Gasteiger partial charge in [0.1, 0.15) is 18.0 Å². The van der Waals surface area contributed by atoms with Gasteiger partial charge in [-0.2, -0.15) is 0 Å². The molecular weight excluding hydrogens is 182 g/mol. The third kappa shape index (κ3) is 1.51. The third-order valence-corrected chi connectivity index (χ3v) is 2.11. The van der Waals surface area contributed by atoms with Crippen LogP contribution in [0.1, 0.15) is 6.42 Å². The summed E-state index contributed by atoms with van der Waals surface area (Å²) in [7, 11) is 0. The van der Waals surface area contributed by atoms with Gasteiger partial charge in [0.25, 0.3) is 0 Å². The van der Waals surface area contributed by atoms with Gasteiger partial charge in [-0.1, -0.05) is 0 Å². The van der Waals surface area contributed by atoms with Gasteiger partial charge in [-0.3, -0.25) is 9.69 Å². The zero-order valence-electron chi connectivity index (χ0n) is 7.55. The van der Waals surface area contributed by atoms with Crippen molar-refractivity contribution in [1.82, 2.24) is 9.97 Å². The van der Waals surface area contributed by atoms with E-state index in [4.69, 9.17) is 11.5 Å². The highest BCUT2D eigenvalue weighted by Gasteiger charge is 2.28. The van der Waals surface area contributed by atoms with Crippen LogP contribution < -0.4 is 16.4 Å². The summed E-state index contributed by atoms with van der Waals surface area (Å²) in [4.78, 5) is 20.7. The van der Waals surface area contributed by atoms with E-state index in [-0.39, 0.29) is 11.9 Å². The molecule has 1 aromatic heterocycles. The van der Waals surface area contributed by atoms with Crippen LogP contribution in [0.25, 0.3) is 0 Å². The van der Waals surface area contributed by atoms with Crippen molar-refractivity contribution in [3.8, 4) is 0 Å². The van der Waals surface area contributed by atoms with Crippen molar-refractivity contribution in [3.63, 3.8) is 0 Å². The molecular formula is C8H11N5O. The zero-order valence-corrected chi connectivity index (χ0v) is 7.55. The van der Waals surface area contributed by atoms with Crippen molar-refractivity contribution < 1.29 is 4.79 Å². The maximum Gasteiger partial charge on any atom is 0.229 e. The van der Waals surface area contributed by atoms with Crippen LogP contribution in [0, 0.1) is 0 Å². The molecule has 1 amide bonds. The molecule has 0 aromatic carbocycles. The second-order valence-electron chi connectivity index (χ2n) is 3.27. The highest BCUT2D eigenvalue weighted by atomic mass is 16.2. The van der Waals surface area contributed by atoms with Gasteiger partial charge >= 0.3 is 0 Å². The average Bonchev–Trinajstić information content (AvgIpc) is 2.45. The van der Waals surface area contributed by atoms with Crippen molar-refractivity contribution in [3.05, 3.63) is 12.4 Å². The molecule has 1 fully saturated rings. The second kappa shape index (κ2) is 3.22. The van der Waals surface area contributed by atoms with Crippen LogP contribution in [0.2, 0.25) is 0 Å². The van der Waals surface area contributed by atoms with E-state index in [2.05, 4.69) is 9.97 Å². The Bertz CT molecular complexity index is 367. The second-order valence-corrected chi connectivity index (χ2v) is 3.27. The first-order valence-corrected chi connectivity index (χ1v) is 4.30. The number of hydrogen-bond acceptors (Lipinski definition) is 5. The van der Waals surface area contributed by atoms with Crippen LogP contribution >= 0.6 is 0 Å². The Balaban J connectivity index is 2.27. The van der Waals surface area contributed by atoms with Crippen molar-refractivity contribution in [1.29, 1.82) is 0 Å². The highest BCUT2D eigenvalue weighted by Crippen LogP contribution is 2.18. The van der Waals surface area contributed by atoms with Gasteiger partial charge in [-0.15, -0.1) is 0 Å². The lowest BCUT2D eigenvalue weighted by atomic mass is 10.3. The fourth-order valence-corrected chi connectivity index (χ4v) is 1.47. The van der Waals surface area contributed by atoms with E-state index in [9.17, 15) is 4.79 Å². The average molecular weight is 193 g/mol. The minimum atomic E-state index is -0.112. The predicted molar refractivity (Wildman–Crippen MR) is 51.4 cm³/mol. The molecule has 2 rings (SSSR count). The van der Waals surface area contributed by atoms with Gasteiger partial charge in [-0.25, -0.2) is 9.97 Å². The minimum absolute atomic E-state index is 0.0180. The number of nitrogens with zero attached hydrogens (tertiary/aromatic N) is 3. The monoisotopic (exact) mass is 193 g/mol. The number of nitrogen functional groups attached to an aromatic ring is 1. The summed E-state index contributed by atoms with van der Waals surface area (Å²) in [6.45, 7) is 0.495. The Morgan fingerprint density at radius 2 is 2.29 bits per heavy atom. The summed E-state index contributed by atoms with van der Waals surface area (Å²) in [5.74, 6) is 0.856. The Morgan fingerprint density at radius 3 is 2.86 bits per heavy atom. The highest BCUT2D eigenvalue weighted by molar-refractivity contribution is 5.95. The summed E-state index contributed by atoms with van der Waals surface area (Å²) in [5, 5.41) is 0. The lowest BCUT2D eigenvalue weighted by Crippen LogP contribution is -2.28. The fraction of sp³-hybridized carbons (Fsp3) is 0.375. The van der Waals surface area contributed by atoms with Crippen LogP contribution in [0.5, 0.6) is 0 Å². The molecule has 1 atom stereocenters. The summed E-state index contributed by atoms with van der Waals surface area (Å²) < 4.78 is 0. The Hall–Kier alpha value is -1.69. The maximum absolute atomic E-state index is 11.4. The molecule has 4 N–H and O–H groups in total. The largest absolute Gasteiger partial charge is 0.384 e. The van der Waals surface area contributed by atoms with Crippen LogP contribution in [-0.2, 0) is 4.79 Å². The number of aromatic nitrogens is 2. The summed E-state index contributed by atoms with van der Waals surface area (Å²) in [5.41, 5.74) is 11.1. The summed E-state index contributed by atoms with van der Waals surface area (Å²) >= 11 is 0. The SMILES string of the molecule is Nc1cc(N2CC(N)CC2=O)ncn1. The maximum atomic E-state index is 11.4. The first kappa shape index (κ1) is 8.89. The normalized spacial score (nSPS) is 21.6. The molecule has 1 unspecified atom stereocenters. The molecule has 1 aliphatic heterocycles. The number of nitrogens with two attached hydrogens (primary N) is 2. The molecule has 6 heteroatoms. The Morgan fingerprint density at radius 1 is 1.50 bits per heavy atom. The number of amides is 1. The molecule has 14 heavy (non-hydrogen) atoms. The number of carbonyl (C=O) groups is 1. The summed E-state index contributed by atoms with van der Waals surface area (Å²) in [6, 6.07) is 1.45. The molecule has 1 aromatic rings. The van der Waals surface area contributed by atoms with Gasteiger partial charge in [0.05, 0.1) is 0 Å². The van der Waals surface area contributed by atoms with Crippen LogP contribution in [-0.4, -0.2) is 28.5 Å². The number of carbonyl (C=O) groups excluding carboxylic acids is 1.